The molecule has 1 fully saturated rings. The van der Waals surface area contributed by atoms with E-state index in [9.17, 15) is 0 Å². The van der Waals surface area contributed by atoms with Gasteiger partial charge in [0, 0.05) is 37.6 Å². The van der Waals surface area contributed by atoms with E-state index in [-0.39, 0.29) is 0 Å². The molecule has 0 spiro atoms. The lowest BCUT2D eigenvalue weighted by atomic mass is 10.1. The van der Waals surface area contributed by atoms with Crippen LogP contribution in [0.25, 0.3) is 16.6 Å². The fourth-order valence-electron chi connectivity index (χ4n) is 4.95. The summed E-state index contributed by atoms with van der Waals surface area (Å²) in [5.41, 5.74) is 4.57. The molecular weight excluding hydrogens is 456 g/mol. The second kappa shape index (κ2) is 8.35. The van der Waals surface area contributed by atoms with E-state index < -0.39 is 0 Å². The van der Waals surface area contributed by atoms with Gasteiger partial charge in [-0.1, -0.05) is 0 Å². The molecule has 10 nitrogen and oxygen atoms in total. The maximum Gasteiger partial charge on any atom is 0.158 e. The second-order valence-corrected chi connectivity index (χ2v) is 9.03. The number of aryl methyl sites for hydroxylation is 1. The monoisotopic (exact) mass is 480 g/mol. The number of anilines is 3. The Morgan fingerprint density at radius 1 is 1.08 bits per heavy atom. The second-order valence-electron chi connectivity index (χ2n) is 9.03. The number of benzene rings is 2. The Bertz CT molecular complexity index is 1600. The number of fused-ring (bicyclic) bond motifs is 6. The molecule has 0 aliphatic carbocycles. The first kappa shape index (κ1) is 20.9. The molecule has 1 atom stereocenters. The van der Waals surface area contributed by atoms with Crippen molar-refractivity contribution >= 4 is 33.7 Å². The summed E-state index contributed by atoms with van der Waals surface area (Å²) in [5.74, 6) is 3.03. The summed E-state index contributed by atoms with van der Waals surface area (Å²) in [6.45, 7) is 5.50. The van der Waals surface area contributed by atoms with E-state index in [1.54, 1.807) is 10.8 Å². The number of nitrogens with one attached hydrogen (secondary N) is 2. The molecule has 2 aromatic carbocycles. The zero-order chi connectivity index (χ0) is 24.1. The average molecular weight is 481 g/mol. The summed E-state index contributed by atoms with van der Waals surface area (Å²) in [7, 11) is 0. The summed E-state index contributed by atoms with van der Waals surface area (Å²) in [4.78, 5) is 15.7. The first-order valence-electron chi connectivity index (χ1n) is 12.0. The van der Waals surface area contributed by atoms with Gasteiger partial charge in [0.2, 0.25) is 0 Å². The molecule has 0 unspecified atom stereocenters. The molecule has 2 aliphatic rings. The van der Waals surface area contributed by atoms with Crippen molar-refractivity contribution in [2.75, 3.05) is 36.5 Å². The van der Waals surface area contributed by atoms with Crippen molar-refractivity contribution in [1.82, 2.24) is 29.9 Å². The third-order valence-corrected chi connectivity index (χ3v) is 6.73. The van der Waals surface area contributed by atoms with Crippen LogP contribution in [0.1, 0.15) is 5.56 Å². The molecule has 36 heavy (non-hydrogen) atoms. The Morgan fingerprint density at radius 3 is 3.00 bits per heavy atom. The van der Waals surface area contributed by atoms with Crippen molar-refractivity contribution in [3.05, 3.63) is 66.9 Å². The lowest BCUT2D eigenvalue weighted by molar-refractivity contribution is 0.250. The van der Waals surface area contributed by atoms with E-state index in [0.29, 0.717) is 18.4 Å². The Morgan fingerprint density at radius 2 is 2.06 bits per heavy atom. The van der Waals surface area contributed by atoms with Crippen LogP contribution in [0.5, 0.6) is 17.2 Å². The maximum absolute atomic E-state index is 6.29. The van der Waals surface area contributed by atoms with Gasteiger partial charge in [0.15, 0.2) is 11.4 Å². The Labute approximate surface area is 206 Å². The molecule has 5 heterocycles. The van der Waals surface area contributed by atoms with E-state index >= 15 is 0 Å². The van der Waals surface area contributed by atoms with Crippen molar-refractivity contribution in [3.8, 4) is 17.2 Å². The van der Waals surface area contributed by atoms with Crippen LogP contribution >= 0.6 is 0 Å². The largest absolute Gasteiger partial charge is 0.488 e. The van der Waals surface area contributed by atoms with Crippen molar-refractivity contribution in [1.29, 1.82) is 0 Å². The standard InChI is InChI=1S/C26H24N8O2/c1-16-10-17(2-5-22(16)36-19-6-8-34-23(11-19)29-15-31-34)32-26-24-20(28-14-30-26)3-4-21-25(24)35-13-18-12-27-7-9-33(18)21/h2-6,8,10-11,14-15,18,27H,7,9,12-13H2,1H3,(H,28,30,32)/t18-/m1/s1. The first-order valence-corrected chi connectivity index (χ1v) is 12.0. The minimum absolute atomic E-state index is 0.338. The van der Waals surface area contributed by atoms with Gasteiger partial charge in [0.05, 0.1) is 22.6 Å². The molecule has 0 saturated carbocycles. The van der Waals surface area contributed by atoms with Crippen LogP contribution < -0.4 is 25.0 Å². The molecule has 180 valence electrons. The summed E-state index contributed by atoms with van der Waals surface area (Å²) in [6, 6.07) is 14.2. The van der Waals surface area contributed by atoms with E-state index in [1.807, 2.05) is 49.5 Å². The molecule has 0 radical (unpaired) electrons. The van der Waals surface area contributed by atoms with Crippen LogP contribution in [0.3, 0.4) is 0 Å². The zero-order valence-corrected chi connectivity index (χ0v) is 19.7. The minimum atomic E-state index is 0.338. The van der Waals surface area contributed by atoms with Gasteiger partial charge in [-0.15, -0.1) is 0 Å². The van der Waals surface area contributed by atoms with Gasteiger partial charge in [-0.3, -0.25) is 0 Å². The summed E-state index contributed by atoms with van der Waals surface area (Å²) in [5, 5.41) is 12.0. The van der Waals surface area contributed by atoms with Crippen molar-refractivity contribution < 1.29 is 9.47 Å². The summed E-state index contributed by atoms with van der Waals surface area (Å²) < 4.78 is 14.1. The van der Waals surface area contributed by atoms with Crippen molar-refractivity contribution in [3.63, 3.8) is 0 Å². The number of piperazine rings is 1. The zero-order valence-electron chi connectivity index (χ0n) is 19.7. The summed E-state index contributed by atoms with van der Waals surface area (Å²) >= 11 is 0. The van der Waals surface area contributed by atoms with Gasteiger partial charge in [-0.25, -0.2) is 19.5 Å². The lowest BCUT2D eigenvalue weighted by Gasteiger charge is -2.42. The van der Waals surface area contributed by atoms with Crippen molar-refractivity contribution in [2.24, 2.45) is 0 Å². The van der Waals surface area contributed by atoms with Crippen LogP contribution in [0, 0.1) is 6.92 Å². The molecule has 2 aliphatic heterocycles. The highest BCUT2D eigenvalue weighted by Crippen LogP contribution is 2.43. The number of pyridine rings is 1. The molecule has 7 rings (SSSR count). The Hall–Kier alpha value is -4.44. The number of aromatic nitrogens is 5. The number of hydrogen-bond donors (Lipinski definition) is 2. The highest BCUT2D eigenvalue weighted by molar-refractivity contribution is 6.00. The highest BCUT2D eigenvalue weighted by atomic mass is 16.5. The molecule has 3 aromatic heterocycles. The minimum Gasteiger partial charge on any atom is -0.488 e. The Balaban J connectivity index is 1.20. The molecule has 0 amide bonds. The fraction of sp³-hybridized carbons (Fsp3) is 0.231. The van der Waals surface area contributed by atoms with Gasteiger partial charge < -0.3 is 25.0 Å². The number of ether oxygens (including phenoxy) is 2. The average Bonchev–Trinajstić information content (AvgIpc) is 3.38. The van der Waals surface area contributed by atoms with Gasteiger partial charge in [-0.05, 0) is 48.9 Å². The van der Waals surface area contributed by atoms with Crippen LogP contribution in [-0.2, 0) is 0 Å². The molecule has 2 N–H and O–H groups in total. The SMILES string of the molecule is Cc1cc(Nc2ncnc3ccc4c(c23)OC[C@H]2CNCCN42)ccc1Oc1ccn2ncnc2c1. The van der Waals surface area contributed by atoms with Crippen LogP contribution in [0.15, 0.2) is 61.3 Å². The van der Waals surface area contributed by atoms with Crippen LogP contribution in [-0.4, -0.2) is 56.8 Å². The molecule has 1 saturated heterocycles. The van der Waals surface area contributed by atoms with E-state index in [2.05, 4.69) is 41.7 Å². The molecule has 0 bridgehead atoms. The third kappa shape index (κ3) is 3.54. The number of nitrogens with zero attached hydrogens (tertiary/aromatic N) is 6. The topological polar surface area (TPSA) is 102 Å². The quantitative estimate of drug-likeness (QED) is 0.399. The lowest BCUT2D eigenvalue weighted by Crippen LogP contribution is -2.55. The molecule has 5 aromatic rings. The van der Waals surface area contributed by atoms with Gasteiger partial charge in [0.25, 0.3) is 0 Å². The van der Waals surface area contributed by atoms with E-state index in [0.717, 1.165) is 70.4 Å². The smallest absolute Gasteiger partial charge is 0.158 e. The molecule has 10 heteroatoms. The van der Waals surface area contributed by atoms with E-state index in [4.69, 9.17) is 9.47 Å². The van der Waals surface area contributed by atoms with Gasteiger partial charge in [-0.2, -0.15) is 5.10 Å². The van der Waals surface area contributed by atoms with Gasteiger partial charge in [0.1, 0.15) is 36.6 Å². The normalized spacial score (nSPS) is 16.9. The fourth-order valence-corrected chi connectivity index (χ4v) is 4.95. The number of hydrogen-bond acceptors (Lipinski definition) is 9. The van der Waals surface area contributed by atoms with Crippen molar-refractivity contribution in [2.45, 2.75) is 13.0 Å². The predicted molar refractivity (Wildman–Crippen MR) is 137 cm³/mol. The number of rotatable bonds is 4. The first-order chi connectivity index (χ1) is 17.7. The van der Waals surface area contributed by atoms with Crippen LogP contribution in [0.4, 0.5) is 17.2 Å². The Kier molecular flexibility index (Phi) is 4.84. The van der Waals surface area contributed by atoms with E-state index in [1.165, 1.54) is 6.33 Å². The highest BCUT2D eigenvalue weighted by Gasteiger charge is 2.31. The van der Waals surface area contributed by atoms with Gasteiger partial charge >= 0.3 is 0 Å². The van der Waals surface area contributed by atoms with Crippen LogP contribution in [0.2, 0.25) is 0 Å². The maximum atomic E-state index is 6.29. The summed E-state index contributed by atoms with van der Waals surface area (Å²) in [6.07, 6.45) is 4.93. The predicted octanol–water partition coefficient (Wildman–Crippen LogP) is 3.69. The molecular formula is C26H24N8O2. The third-order valence-electron chi connectivity index (χ3n) is 6.73.